The fourth-order valence-electron chi connectivity index (χ4n) is 2.32. The molecule has 0 aromatic carbocycles. The van der Waals surface area contributed by atoms with Crippen LogP contribution in [0.15, 0.2) is 10.3 Å². The first-order chi connectivity index (χ1) is 8.53. The summed E-state index contributed by atoms with van der Waals surface area (Å²) in [5, 5.41) is 0. The zero-order valence-electron chi connectivity index (χ0n) is 10.6. The maximum absolute atomic E-state index is 12.2. The van der Waals surface area contributed by atoms with Crippen LogP contribution in [-0.2, 0) is 16.6 Å². The lowest BCUT2D eigenvalue weighted by molar-refractivity contribution is 0.412. The summed E-state index contributed by atoms with van der Waals surface area (Å²) in [6, 6.07) is 1.82. The van der Waals surface area contributed by atoms with Gasteiger partial charge in [0.1, 0.15) is 4.21 Å². The van der Waals surface area contributed by atoms with E-state index in [4.69, 9.17) is 5.73 Å². The van der Waals surface area contributed by atoms with E-state index in [-0.39, 0.29) is 6.04 Å². The molecular weight excluding hydrogens is 268 g/mol. The molecule has 0 aliphatic heterocycles. The van der Waals surface area contributed by atoms with E-state index < -0.39 is 10.0 Å². The lowest BCUT2D eigenvalue weighted by Crippen LogP contribution is -2.35. The second-order valence-electron chi connectivity index (χ2n) is 4.83. The van der Waals surface area contributed by atoms with Crippen LogP contribution >= 0.6 is 11.3 Å². The lowest BCUT2D eigenvalue weighted by Gasteiger charge is -2.22. The minimum Gasteiger partial charge on any atom is -0.326 e. The van der Waals surface area contributed by atoms with Gasteiger partial charge in [0.2, 0.25) is 10.0 Å². The molecule has 0 bridgehead atoms. The highest BCUT2D eigenvalue weighted by Gasteiger charge is 2.23. The van der Waals surface area contributed by atoms with Gasteiger partial charge < -0.3 is 5.73 Å². The molecule has 18 heavy (non-hydrogen) atoms. The van der Waals surface area contributed by atoms with Crippen LogP contribution < -0.4 is 10.5 Å². The number of sulfonamides is 1. The van der Waals surface area contributed by atoms with E-state index in [1.165, 1.54) is 17.8 Å². The first kappa shape index (κ1) is 14.0. The molecule has 6 heteroatoms. The minimum absolute atomic E-state index is 0.104. The van der Waals surface area contributed by atoms with Gasteiger partial charge in [-0.1, -0.05) is 19.3 Å². The molecule has 0 atom stereocenters. The first-order valence-electron chi connectivity index (χ1n) is 6.34. The number of rotatable bonds is 4. The molecular formula is C12H20N2O2S2. The molecule has 1 aliphatic carbocycles. The molecule has 102 valence electrons. The van der Waals surface area contributed by atoms with Crippen molar-refractivity contribution in [1.29, 1.82) is 0 Å². The number of nitrogens with one attached hydrogen (secondary N) is 1. The van der Waals surface area contributed by atoms with Gasteiger partial charge in [-0.05, 0) is 31.4 Å². The number of aryl methyl sites for hydroxylation is 1. The van der Waals surface area contributed by atoms with E-state index in [0.717, 1.165) is 36.1 Å². The van der Waals surface area contributed by atoms with Crippen LogP contribution in [0.25, 0.3) is 0 Å². The average Bonchev–Trinajstić information content (AvgIpc) is 2.72. The highest BCUT2D eigenvalue weighted by molar-refractivity contribution is 7.91. The number of hydrogen-bond donors (Lipinski definition) is 2. The van der Waals surface area contributed by atoms with E-state index in [2.05, 4.69) is 4.72 Å². The number of thiophene rings is 1. The molecule has 3 N–H and O–H groups in total. The second kappa shape index (κ2) is 5.69. The van der Waals surface area contributed by atoms with Crippen molar-refractivity contribution in [3.05, 3.63) is 16.5 Å². The van der Waals surface area contributed by atoms with Gasteiger partial charge in [0.25, 0.3) is 0 Å². The Labute approximate surface area is 113 Å². The summed E-state index contributed by atoms with van der Waals surface area (Å²) in [6.07, 6.45) is 5.35. The van der Waals surface area contributed by atoms with Crippen LogP contribution in [-0.4, -0.2) is 14.5 Å². The van der Waals surface area contributed by atoms with Crippen molar-refractivity contribution in [2.75, 3.05) is 0 Å². The van der Waals surface area contributed by atoms with Crippen molar-refractivity contribution in [3.63, 3.8) is 0 Å². The minimum atomic E-state index is -3.36. The van der Waals surface area contributed by atoms with Crippen LogP contribution in [0.1, 0.15) is 42.5 Å². The van der Waals surface area contributed by atoms with Crippen molar-refractivity contribution in [1.82, 2.24) is 4.72 Å². The Morgan fingerprint density at radius 2 is 2.06 bits per heavy atom. The van der Waals surface area contributed by atoms with Gasteiger partial charge in [-0.25, -0.2) is 13.1 Å². The van der Waals surface area contributed by atoms with Gasteiger partial charge >= 0.3 is 0 Å². The molecule has 1 heterocycles. The molecule has 1 fully saturated rings. The predicted octanol–water partition coefficient (Wildman–Crippen LogP) is 2.13. The lowest BCUT2D eigenvalue weighted by atomic mass is 9.96. The summed E-state index contributed by atoms with van der Waals surface area (Å²) in [4.78, 5) is 0.944. The second-order valence-corrected chi connectivity index (χ2v) is 7.91. The van der Waals surface area contributed by atoms with Crippen LogP contribution in [0, 0.1) is 6.92 Å². The zero-order valence-corrected chi connectivity index (χ0v) is 12.2. The van der Waals surface area contributed by atoms with Crippen LogP contribution in [0.2, 0.25) is 0 Å². The summed E-state index contributed by atoms with van der Waals surface area (Å²) in [5.41, 5.74) is 6.55. The van der Waals surface area contributed by atoms with Crippen molar-refractivity contribution in [3.8, 4) is 0 Å². The number of nitrogens with two attached hydrogens (primary N) is 1. The highest BCUT2D eigenvalue weighted by atomic mass is 32.2. The Morgan fingerprint density at radius 3 is 2.61 bits per heavy atom. The van der Waals surface area contributed by atoms with Gasteiger partial charge in [0, 0.05) is 17.5 Å². The molecule has 1 aromatic rings. The normalized spacial score (nSPS) is 18.1. The Morgan fingerprint density at radius 1 is 1.39 bits per heavy atom. The molecule has 2 rings (SSSR count). The summed E-state index contributed by atoms with van der Waals surface area (Å²) in [6.45, 7) is 2.30. The van der Waals surface area contributed by atoms with Gasteiger partial charge in [0.05, 0.1) is 0 Å². The van der Waals surface area contributed by atoms with Gasteiger partial charge in [-0.15, -0.1) is 11.3 Å². The third kappa shape index (κ3) is 3.12. The standard InChI is InChI=1S/C12H20N2O2S2/c1-9-7-12(17-11(9)8-13)18(15,16)14-10-5-3-2-4-6-10/h7,10,14H,2-6,8,13H2,1H3. The van der Waals surface area contributed by atoms with E-state index >= 15 is 0 Å². The Hall–Kier alpha value is -0.430. The fourth-order valence-corrected chi connectivity index (χ4v) is 5.11. The Kier molecular flexibility index (Phi) is 4.42. The third-order valence-electron chi connectivity index (χ3n) is 3.38. The van der Waals surface area contributed by atoms with Crippen molar-refractivity contribution < 1.29 is 8.42 Å². The van der Waals surface area contributed by atoms with Crippen LogP contribution in [0.3, 0.4) is 0 Å². The molecule has 1 aliphatic rings. The molecule has 4 nitrogen and oxygen atoms in total. The van der Waals surface area contributed by atoms with Crippen LogP contribution in [0.4, 0.5) is 0 Å². The van der Waals surface area contributed by atoms with Gasteiger partial charge in [-0.3, -0.25) is 0 Å². The molecule has 0 radical (unpaired) electrons. The fraction of sp³-hybridized carbons (Fsp3) is 0.667. The van der Waals surface area contributed by atoms with E-state index in [1.807, 2.05) is 6.92 Å². The molecule has 0 unspecified atom stereocenters. The quantitative estimate of drug-likeness (QED) is 0.891. The topological polar surface area (TPSA) is 72.2 Å². The van der Waals surface area contributed by atoms with Crippen molar-refractivity contribution in [2.45, 2.75) is 55.8 Å². The average molecular weight is 288 g/mol. The molecule has 0 amide bonds. The summed E-state index contributed by atoms with van der Waals surface area (Å²) in [5.74, 6) is 0. The van der Waals surface area contributed by atoms with Crippen molar-refractivity contribution in [2.24, 2.45) is 5.73 Å². The molecule has 1 aromatic heterocycles. The smallest absolute Gasteiger partial charge is 0.250 e. The molecule has 0 saturated heterocycles. The summed E-state index contributed by atoms with van der Waals surface area (Å²) >= 11 is 1.28. The zero-order chi connectivity index (χ0) is 13.2. The summed E-state index contributed by atoms with van der Waals surface area (Å²) in [7, 11) is -3.36. The predicted molar refractivity (Wildman–Crippen MR) is 74.1 cm³/mol. The SMILES string of the molecule is Cc1cc(S(=O)(=O)NC2CCCCC2)sc1CN. The molecule has 1 saturated carbocycles. The third-order valence-corrected chi connectivity index (χ3v) is 6.63. The van der Waals surface area contributed by atoms with Crippen LogP contribution in [0.5, 0.6) is 0 Å². The largest absolute Gasteiger partial charge is 0.326 e. The monoisotopic (exact) mass is 288 g/mol. The number of hydrogen-bond acceptors (Lipinski definition) is 4. The van der Waals surface area contributed by atoms with E-state index in [0.29, 0.717) is 10.8 Å². The highest BCUT2D eigenvalue weighted by Crippen LogP contribution is 2.27. The maximum Gasteiger partial charge on any atom is 0.250 e. The van der Waals surface area contributed by atoms with E-state index in [9.17, 15) is 8.42 Å². The van der Waals surface area contributed by atoms with Gasteiger partial charge in [-0.2, -0.15) is 0 Å². The summed E-state index contributed by atoms with van der Waals surface area (Å²) < 4.78 is 27.7. The first-order valence-corrected chi connectivity index (χ1v) is 8.64. The maximum atomic E-state index is 12.2. The van der Waals surface area contributed by atoms with E-state index in [1.54, 1.807) is 6.07 Å². The Balaban J connectivity index is 2.13. The van der Waals surface area contributed by atoms with Crippen molar-refractivity contribution >= 4 is 21.4 Å². The molecule has 0 spiro atoms. The van der Waals surface area contributed by atoms with Gasteiger partial charge in [0.15, 0.2) is 0 Å². The Bertz CT molecular complexity index is 502.